The van der Waals surface area contributed by atoms with E-state index in [1.54, 1.807) is 14.0 Å². The molecule has 2 heterocycles. The van der Waals surface area contributed by atoms with E-state index in [0.29, 0.717) is 17.0 Å². The lowest BCUT2D eigenvalue weighted by molar-refractivity contribution is -0.00603. The molecule has 0 spiro atoms. The number of nitrogens with two attached hydrogens (primary N) is 1. The van der Waals surface area contributed by atoms with Gasteiger partial charge in [-0.15, -0.1) is 0 Å². The van der Waals surface area contributed by atoms with E-state index in [-0.39, 0.29) is 31.1 Å². The van der Waals surface area contributed by atoms with Crippen LogP contribution in [0.1, 0.15) is 38.7 Å². The number of aliphatic imine (C=N–C) groups is 2. The minimum atomic E-state index is -0.481. The predicted molar refractivity (Wildman–Crippen MR) is 99.8 cm³/mol. The number of urea groups is 1. The summed E-state index contributed by atoms with van der Waals surface area (Å²) in [5.74, 6) is 0.394. The van der Waals surface area contributed by atoms with Crippen LogP contribution >= 0.6 is 0 Å². The van der Waals surface area contributed by atoms with Crippen LogP contribution in [0, 0.1) is 18.7 Å². The van der Waals surface area contributed by atoms with Gasteiger partial charge in [0, 0.05) is 26.1 Å². The summed E-state index contributed by atoms with van der Waals surface area (Å²) in [7, 11) is 1.59. The lowest BCUT2D eigenvalue weighted by Crippen LogP contribution is -2.63. The van der Waals surface area contributed by atoms with Crippen molar-refractivity contribution >= 4 is 23.9 Å². The van der Waals surface area contributed by atoms with Crippen LogP contribution in [-0.2, 0) is 0 Å². The van der Waals surface area contributed by atoms with Gasteiger partial charge in [-0.3, -0.25) is 4.99 Å². The molecule has 6 nitrogen and oxygen atoms in total. The summed E-state index contributed by atoms with van der Waals surface area (Å²) in [6.07, 6.45) is 4.41. The van der Waals surface area contributed by atoms with Crippen molar-refractivity contribution in [3.63, 3.8) is 0 Å². The van der Waals surface area contributed by atoms with Crippen molar-refractivity contribution in [2.45, 2.75) is 45.2 Å². The third-order valence-corrected chi connectivity index (χ3v) is 5.06. The zero-order valence-corrected chi connectivity index (χ0v) is 14.8. The minimum Gasteiger partial charge on any atom is -0.383 e. The number of amides is 2. The summed E-state index contributed by atoms with van der Waals surface area (Å²) in [5.41, 5.74) is 7.28. The first-order valence-electron chi connectivity index (χ1n) is 8.54. The molecule has 0 aromatic heterocycles. The number of nitrogens with zero attached hydrogens (tertiary/aromatic N) is 3. The molecule has 25 heavy (non-hydrogen) atoms. The van der Waals surface area contributed by atoms with E-state index in [4.69, 9.17) is 5.73 Å². The molecule has 2 aliphatic heterocycles. The highest BCUT2D eigenvalue weighted by molar-refractivity contribution is 6.03. The second-order valence-electron chi connectivity index (χ2n) is 6.99. The summed E-state index contributed by atoms with van der Waals surface area (Å²) >= 11 is 0. The van der Waals surface area contributed by atoms with E-state index in [9.17, 15) is 9.18 Å². The smallest absolute Gasteiger partial charge is 0.322 e. The highest BCUT2D eigenvalue weighted by Gasteiger charge is 2.46. The van der Waals surface area contributed by atoms with Crippen molar-refractivity contribution in [1.29, 1.82) is 0 Å². The zero-order valence-electron chi connectivity index (χ0n) is 14.8. The van der Waals surface area contributed by atoms with E-state index in [1.807, 2.05) is 4.90 Å². The number of anilines is 1. The first-order valence-corrected chi connectivity index (χ1v) is 8.54. The van der Waals surface area contributed by atoms with Gasteiger partial charge in [0.25, 0.3) is 0 Å². The van der Waals surface area contributed by atoms with Crippen LogP contribution in [0.4, 0.5) is 14.9 Å². The number of rotatable bonds is 3. The number of benzene rings is 1. The number of aryl methyl sites for hydroxylation is 1. The van der Waals surface area contributed by atoms with E-state index >= 15 is 0 Å². The topological polar surface area (TPSA) is 83.1 Å². The van der Waals surface area contributed by atoms with Crippen molar-refractivity contribution in [2.75, 3.05) is 12.4 Å². The summed E-state index contributed by atoms with van der Waals surface area (Å²) in [6.45, 7) is 3.96. The van der Waals surface area contributed by atoms with Gasteiger partial charge >= 0.3 is 6.03 Å². The quantitative estimate of drug-likeness (QED) is 0.650. The Morgan fingerprint density at radius 2 is 2.08 bits per heavy atom. The lowest BCUT2D eigenvalue weighted by atomic mass is 9.74. The Morgan fingerprint density at radius 1 is 1.40 bits per heavy atom. The highest BCUT2D eigenvalue weighted by atomic mass is 19.1. The molecular weight excluding hydrogens is 321 g/mol. The second-order valence-corrected chi connectivity index (χ2v) is 6.99. The molecule has 0 radical (unpaired) electrons. The van der Waals surface area contributed by atoms with Gasteiger partial charge in [-0.2, -0.15) is 0 Å². The van der Waals surface area contributed by atoms with Gasteiger partial charge in [0.15, 0.2) is 0 Å². The first-order chi connectivity index (χ1) is 11.9. The molecule has 136 valence electrons. The van der Waals surface area contributed by atoms with E-state index in [1.165, 1.54) is 18.5 Å². The molecule has 2 fully saturated rings. The standard InChI is InChI=1S/C18H24FN5O.H2/c1-10-4-12-7-13(5-10)24(12)18(25)23-16-8-14(11(2)6-15(16)19)17(20)22-9-21-3;/h6,8-10,12-13H,4-5,7H2,1-3H3,(H,23,25)(H2,20,21,22);1H. The van der Waals surface area contributed by atoms with Crippen molar-refractivity contribution in [2.24, 2.45) is 21.6 Å². The molecule has 0 aliphatic carbocycles. The normalized spacial score (nSPS) is 25.8. The van der Waals surface area contributed by atoms with Crippen molar-refractivity contribution in [3.05, 3.63) is 29.1 Å². The molecule has 0 saturated carbocycles. The van der Waals surface area contributed by atoms with Crippen LogP contribution in [0.5, 0.6) is 0 Å². The maximum atomic E-state index is 14.3. The van der Waals surface area contributed by atoms with Gasteiger partial charge in [-0.05, 0) is 49.8 Å². The lowest BCUT2D eigenvalue weighted by Gasteiger charge is -2.54. The predicted octanol–water partition coefficient (Wildman–Crippen LogP) is 3.15. The average Bonchev–Trinajstić information content (AvgIpc) is 2.54. The first kappa shape index (κ1) is 17.4. The van der Waals surface area contributed by atoms with Gasteiger partial charge in [-0.25, -0.2) is 14.2 Å². The van der Waals surface area contributed by atoms with Gasteiger partial charge in [0.1, 0.15) is 18.0 Å². The molecule has 2 unspecified atom stereocenters. The molecule has 1 aromatic carbocycles. The number of halogens is 1. The molecule has 2 aliphatic rings. The molecule has 2 amide bonds. The molecule has 2 bridgehead atoms. The molecule has 1 aromatic rings. The van der Waals surface area contributed by atoms with Crippen LogP contribution in [0.2, 0.25) is 0 Å². The van der Waals surface area contributed by atoms with Crippen LogP contribution in [0.3, 0.4) is 0 Å². The Balaban J connectivity index is 0.00000243. The summed E-state index contributed by atoms with van der Waals surface area (Å²) in [4.78, 5) is 22.2. The SMILES string of the molecule is CN=CN=C(N)c1cc(NC(=O)N2C3CC(C)CC2C3)c(F)cc1C.[HH]. The summed E-state index contributed by atoms with van der Waals surface area (Å²) in [6, 6.07) is 3.19. The van der Waals surface area contributed by atoms with Gasteiger partial charge in [0.05, 0.1) is 5.69 Å². The van der Waals surface area contributed by atoms with Crippen molar-refractivity contribution < 1.29 is 10.6 Å². The van der Waals surface area contributed by atoms with Crippen LogP contribution < -0.4 is 11.1 Å². The minimum absolute atomic E-state index is 0. The van der Waals surface area contributed by atoms with E-state index in [0.717, 1.165) is 19.3 Å². The van der Waals surface area contributed by atoms with Crippen molar-refractivity contribution in [3.8, 4) is 0 Å². The molecule has 3 N–H and O–H groups in total. The number of carbonyl (C=O) groups is 1. The maximum absolute atomic E-state index is 14.3. The third-order valence-electron chi connectivity index (χ3n) is 5.06. The molecule has 2 saturated heterocycles. The van der Waals surface area contributed by atoms with Crippen molar-refractivity contribution in [1.82, 2.24) is 4.90 Å². The Bertz CT molecular complexity index is 739. The molecule has 2 atom stereocenters. The Morgan fingerprint density at radius 3 is 2.72 bits per heavy atom. The molecule has 7 heteroatoms. The maximum Gasteiger partial charge on any atom is 0.322 e. The largest absolute Gasteiger partial charge is 0.383 e. The number of hydrogen-bond acceptors (Lipinski definition) is 2. The number of piperidine rings is 1. The van der Waals surface area contributed by atoms with Gasteiger partial charge < -0.3 is 16.0 Å². The number of carbonyl (C=O) groups excluding carboxylic acids is 1. The van der Waals surface area contributed by atoms with E-state index in [2.05, 4.69) is 22.2 Å². The Hall–Kier alpha value is -2.44. The number of fused-ring (bicyclic) bond motifs is 2. The number of hydrogen-bond donors (Lipinski definition) is 2. The monoisotopic (exact) mass is 347 g/mol. The van der Waals surface area contributed by atoms with Crippen LogP contribution in [-0.4, -0.2) is 42.2 Å². The second kappa shape index (κ2) is 6.82. The van der Waals surface area contributed by atoms with E-state index < -0.39 is 5.82 Å². The fourth-order valence-electron chi connectivity index (χ4n) is 3.89. The fourth-order valence-corrected chi connectivity index (χ4v) is 3.89. The van der Waals surface area contributed by atoms with Gasteiger partial charge in [0.2, 0.25) is 0 Å². The zero-order chi connectivity index (χ0) is 18.1. The molecular formula is C18H26FN5O. The Labute approximate surface area is 148 Å². The highest BCUT2D eigenvalue weighted by Crippen LogP contribution is 2.41. The Kier molecular flexibility index (Phi) is 4.74. The average molecular weight is 347 g/mol. The summed E-state index contributed by atoms with van der Waals surface area (Å²) in [5, 5.41) is 2.70. The molecule has 3 rings (SSSR count). The third kappa shape index (κ3) is 3.36. The fraction of sp³-hybridized carbons (Fsp3) is 0.500. The van der Waals surface area contributed by atoms with Gasteiger partial charge in [-0.1, -0.05) is 6.92 Å². The van der Waals surface area contributed by atoms with Crippen LogP contribution in [0.25, 0.3) is 0 Å². The number of nitrogens with one attached hydrogen (secondary N) is 1. The summed E-state index contributed by atoms with van der Waals surface area (Å²) < 4.78 is 14.3. The number of amidine groups is 1. The van der Waals surface area contributed by atoms with Crippen LogP contribution in [0.15, 0.2) is 22.1 Å².